The molecule has 10 heteroatoms. The van der Waals surface area contributed by atoms with Crippen molar-refractivity contribution in [2.24, 2.45) is 0 Å². The van der Waals surface area contributed by atoms with E-state index in [1.54, 1.807) is 61.5 Å². The summed E-state index contributed by atoms with van der Waals surface area (Å²) in [5, 5.41) is 3.46. The molecule has 0 fully saturated rings. The van der Waals surface area contributed by atoms with Gasteiger partial charge in [-0.2, -0.15) is 0 Å². The van der Waals surface area contributed by atoms with Gasteiger partial charge in [0.1, 0.15) is 18.4 Å². The minimum absolute atomic E-state index is 0.0711. The summed E-state index contributed by atoms with van der Waals surface area (Å²) in [6, 6.07) is 18.6. The summed E-state index contributed by atoms with van der Waals surface area (Å²) in [7, 11) is -4.25. The van der Waals surface area contributed by atoms with Crippen LogP contribution in [0.5, 0.6) is 0 Å². The number of sulfonamides is 1. The van der Waals surface area contributed by atoms with Crippen molar-refractivity contribution in [1.29, 1.82) is 0 Å². The first kappa shape index (κ1) is 30.1. The van der Waals surface area contributed by atoms with Gasteiger partial charge in [-0.25, -0.2) is 12.8 Å². The Kier molecular flexibility index (Phi) is 10.5. The average Bonchev–Trinajstić information content (AvgIpc) is 2.93. The number of amides is 2. The van der Waals surface area contributed by atoms with Crippen molar-refractivity contribution in [1.82, 2.24) is 10.2 Å². The van der Waals surface area contributed by atoms with E-state index in [-0.39, 0.29) is 29.1 Å². The van der Waals surface area contributed by atoms with E-state index in [2.05, 4.69) is 5.32 Å². The number of nitrogens with zero attached hydrogens (tertiary/aromatic N) is 2. The van der Waals surface area contributed by atoms with Gasteiger partial charge in [0.15, 0.2) is 0 Å². The molecule has 0 aromatic heterocycles. The summed E-state index contributed by atoms with van der Waals surface area (Å²) in [4.78, 5) is 28.4. The highest BCUT2D eigenvalue weighted by atomic mass is 35.5. The van der Waals surface area contributed by atoms with Crippen LogP contribution < -0.4 is 9.62 Å². The average molecular weight is 574 g/mol. The molecule has 39 heavy (non-hydrogen) atoms. The van der Waals surface area contributed by atoms with E-state index in [9.17, 15) is 22.4 Å². The molecule has 0 heterocycles. The highest BCUT2D eigenvalue weighted by Crippen LogP contribution is 2.25. The molecule has 0 saturated carbocycles. The third-order valence-electron chi connectivity index (χ3n) is 6.38. The molecule has 0 spiro atoms. The second kappa shape index (κ2) is 13.6. The Hall–Kier alpha value is -3.43. The van der Waals surface area contributed by atoms with Crippen molar-refractivity contribution in [3.05, 3.63) is 95.3 Å². The molecule has 3 aromatic carbocycles. The van der Waals surface area contributed by atoms with Gasteiger partial charge >= 0.3 is 0 Å². The van der Waals surface area contributed by atoms with Crippen LogP contribution in [0.2, 0.25) is 5.02 Å². The molecule has 0 aliphatic heterocycles. The van der Waals surface area contributed by atoms with Crippen LogP contribution >= 0.6 is 11.6 Å². The summed E-state index contributed by atoms with van der Waals surface area (Å²) < 4.78 is 41.9. The number of benzene rings is 3. The highest BCUT2D eigenvalue weighted by molar-refractivity contribution is 7.92. The van der Waals surface area contributed by atoms with Gasteiger partial charge in [-0.3, -0.25) is 13.9 Å². The molecule has 2 amide bonds. The van der Waals surface area contributed by atoms with Crippen LogP contribution in [0.25, 0.3) is 0 Å². The summed E-state index contributed by atoms with van der Waals surface area (Å²) in [5.74, 6) is -1.46. The third-order valence-corrected chi connectivity index (χ3v) is 8.42. The molecule has 7 nitrogen and oxygen atoms in total. The largest absolute Gasteiger partial charge is 0.352 e. The molecular weight excluding hydrogens is 541 g/mol. The number of para-hydroxylation sites is 1. The lowest BCUT2D eigenvalue weighted by atomic mass is 10.1. The van der Waals surface area contributed by atoms with Gasteiger partial charge in [0.25, 0.3) is 10.0 Å². The lowest BCUT2D eigenvalue weighted by Gasteiger charge is -2.33. The molecule has 1 N–H and O–H groups in total. The number of anilines is 1. The van der Waals surface area contributed by atoms with Gasteiger partial charge in [0.05, 0.1) is 10.6 Å². The molecule has 3 rings (SSSR count). The third kappa shape index (κ3) is 7.80. The quantitative estimate of drug-likeness (QED) is 0.314. The second-order valence-electron chi connectivity index (χ2n) is 9.19. The number of rotatable bonds is 12. The summed E-state index contributed by atoms with van der Waals surface area (Å²) >= 11 is 6.04. The van der Waals surface area contributed by atoms with E-state index >= 15 is 0 Å². The number of carbonyl (C=O) groups excluding carboxylic acids is 2. The Labute approximate surface area is 234 Å². The zero-order chi connectivity index (χ0) is 28.6. The summed E-state index contributed by atoms with van der Waals surface area (Å²) in [6.45, 7) is 5.13. The lowest BCUT2D eigenvalue weighted by molar-refractivity contribution is -0.140. The van der Waals surface area contributed by atoms with Gasteiger partial charge in [0.2, 0.25) is 11.8 Å². The maximum atomic E-state index is 13.9. The van der Waals surface area contributed by atoms with Crippen molar-refractivity contribution in [2.45, 2.75) is 57.1 Å². The highest BCUT2D eigenvalue weighted by Gasteiger charge is 2.34. The van der Waals surface area contributed by atoms with Gasteiger partial charge in [-0.1, -0.05) is 55.8 Å². The van der Waals surface area contributed by atoms with E-state index in [0.29, 0.717) is 17.9 Å². The molecule has 0 radical (unpaired) electrons. The number of nitrogens with one attached hydrogen (secondary N) is 1. The fourth-order valence-corrected chi connectivity index (χ4v) is 5.54. The smallest absolute Gasteiger partial charge is 0.264 e. The SMILES string of the molecule is CC[C@@H](C)NC(=O)[C@H](CC)N(Cc1ccc(Cl)cc1)C(=O)CN(c1ccccc1)S(=O)(=O)c1ccc(F)cc1. The molecule has 0 aliphatic rings. The van der Waals surface area contributed by atoms with Crippen molar-refractivity contribution >= 4 is 39.1 Å². The van der Waals surface area contributed by atoms with Gasteiger partial charge < -0.3 is 10.2 Å². The fourth-order valence-electron chi connectivity index (χ4n) is 4.00. The summed E-state index contributed by atoms with van der Waals surface area (Å²) in [6.07, 6.45) is 1.03. The van der Waals surface area contributed by atoms with Gasteiger partial charge in [-0.15, -0.1) is 0 Å². The van der Waals surface area contributed by atoms with Crippen LogP contribution in [0.4, 0.5) is 10.1 Å². The van der Waals surface area contributed by atoms with Crippen molar-refractivity contribution < 1.29 is 22.4 Å². The maximum Gasteiger partial charge on any atom is 0.264 e. The van der Waals surface area contributed by atoms with Crippen molar-refractivity contribution in [2.75, 3.05) is 10.8 Å². The van der Waals surface area contributed by atoms with E-state index in [1.165, 1.54) is 4.90 Å². The zero-order valence-corrected chi connectivity index (χ0v) is 23.8. The molecule has 0 unspecified atom stereocenters. The second-order valence-corrected chi connectivity index (χ2v) is 11.5. The number of halogens is 2. The number of carbonyl (C=O) groups is 2. The normalized spacial score (nSPS) is 12.8. The molecule has 208 valence electrons. The van der Waals surface area contributed by atoms with Crippen LogP contribution in [0.15, 0.2) is 83.8 Å². The van der Waals surface area contributed by atoms with Gasteiger partial charge in [0, 0.05) is 17.6 Å². The predicted molar refractivity (Wildman–Crippen MR) is 151 cm³/mol. The summed E-state index contributed by atoms with van der Waals surface area (Å²) in [5.41, 5.74) is 0.994. The van der Waals surface area contributed by atoms with Crippen LogP contribution in [-0.2, 0) is 26.2 Å². The van der Waals surface area contributed by atoms with E-state index in [0.717, 1.165) is 34.1 Å². The van der Waals surface area contributed by atoms with Gasteiger partial charge in [-0.05, 0) is 73.9 Å². The first-order chi connectivity index (χ1) is 18.6. The van der Waals surface area contributed by atoms with Crippen LogP contribution in [0, 0.1) is 5.82 Å². The first-order valence-electron chi connectivity index (χ1n) is 12.7. The lowest BCUT2D eigenvalue weighted by Crippen LogP contribution is -2.53. The Bertz CT molecular complexity index is 1350. The van der Waals surface area contributed by atoms with Crippen LogP contribution in [-0.4, -0.2) is 43.8 Å². The Morgan fingerprint density at radius 3 is 2.10 bits per heavy atom. The standard InChI is InChI=1S/C29H33ClFN3O4S/c1-4-21(3)32-29(36)27(5-2)33(19-22-11-13-23(30)14-12-22)28(35)20-34(25-9-7-6-8-10-25)39(37,38)26-17-15-24(31)16-18-26/h6-18,21,27H,4-5,19-20H2,1-3H3,(H,32,36)/t21-,27+/m1/s1. The van der Waals surface area contributed by atoms with E-state index in [4.69, 9.17) is 11.6 Å². The maximum absolute atomic E-state index is 13.9. The Morgan fingerprint density at radius 2 is 1.54 bits per heavy atom. The zero-order valence-electron chi connectivity index (χ0n) is 22.2. The monoisotopic (exact) mass is 573 g/mol. The van der Waals surface area contributed by atoms with E-state index in [1.807, 2.05) is 13.8 Å². The molecule has 0 bridgehead atoms. The van der Waals surface area contributed by atoms with Crippen molar-refractivity contribution in [3.8, 4) is 0 Å². The fraction of sp³-hybridized carbons (Fsp3) is 0.310. The minimum Gasteiger partial charge on any atom is -0.352 e. The van der Waals surface area contributed by atoms with Crippen LogP contribution in [0.1, 0.15) is 39.2 Å². The molecule has 3 aromatic rings. The molecule has 2 atom stereocenters. The molecular formula is C29H33ClFN3O4S. The predicted octanol–water partition coefficient (Wildman–Crippen LogP) is 5.40. The number of hydrogen-bond donors (Lipinski definition) is 1. The Balaban J connectivity index is 2.02. The van der Waals surface area contributed by atoms with Crippen molar-refractivity contribution in [3.63, 3.8) is 0 Å². The topological polar surface area (TPSA) is 86.8 Å². The molecule has 0 aliphatic carbocycles. The molecule has 0 saturated heterocycles. The van der Waals surface area contributed by atoms with E-state index < -0.39 is 34.3 Å². The Morgan fingerprint density at radius 1 is 0.923 bits per heavy atom. The van der Waals surface area contributed by atoms with Crippen LogP contribution in [0.3, 0.4) is 0 Å². The minimum atomic E-state index is -4.25. The number of hydrogen-bond acceptors (Lipinski definition) is 4. The first-order valence-corrected chi connectivity index (χ1v) is 14.6.